The van der Waals surface area contributed by atoms with Crippen LogP contribution in [0.3, 0.4) is 0 Å². The largest absolute Gasteiger partial charge is 0.393 e. The van der Waals surface area contributed by atoms with E-state index in [1.165, 1.54) is 18.5 Å². The number of anilines is 4. The zero-order chi connectivity index (χ0) is 17.1. The number of nitrogens with one attached hydrogen (secondary N) is 1. The molecule has 0 unspecified atom stereocenters. The van der Waals surface area contributed by atoms with E-state index in [2.05, 4.69) is 32.0 Å². The van der Waals surface area contributed by atoms with Crippen LogP contribution in [0.15, 0.2) is 24.5 Å². The van der Waals surface area contributed by atoms with Gasteiger partial charge in [0.15, 0.2) is 11.6 Å². The zero-order valence-corrected chi connectivity index (χ0v) is 14.2. The summed E-state index contributed by atoms with van der Waals surface area (Å²) in [5.41, 5.74) is 7.34. The van der Waals surface area contributed by atoms with Crippen molar-refractivity contribution in [1.29, 1.82) is 0 Å². The first-order chi connectivity index (χ1) is 11.6. The Kier molecular flexibility index (Phi) is 5.01. The lowest BCUT2D eigenvalue weighted by Gasteiger charge is -2.35. The first-order valence-electron chi connectivity index (χ1n) is 7.88. The van der Waals surface area contributed by atoms with E-state index in [-0.39, 0.29) is 5.02 Å². The molecule has 0 bridgehead atoms. The number of benzene rings is 1. The highest BCUT2D eigenvalue weighted by atomic mass is 35.5. The van der Waals surface area contributed by atoms with Crippen LogP contribution in [0.25, 0.3) is 0 Å². The SMILES string of the molecule is CCN1CCN(c2ncnc(Nc3ccc(F)c(Cl)c3)c2N)CC1. The highest BCUT2D eigenvalue weighted by Crippen LogP contribution is 2.30. The minimum Gasteiger partial charge on any atom is -0.393 e. The smallest absolute Gasteiger partial charge is 0.159 e. The second-order valence-electron chi connectivity index (χ2n) is 5.63. The lowest BCUT2D eigenvalue weighted by atomic mass is 10.2. The van der Waals surface area contributed by atoms with Gasteiger partial charge in [0.2, 0.25) is 0 Å². The van der Waals surface area contributed by atoms with E-state index in [0.29, 0.717) is 17.2 Å². The third kappa shape index (κ3) is 3.52. The average molecular weight is 351 g/mol. The fraction of sp³-hybridized carbons (Fsp3) is 0.375. The van der Waals surface area contributed by atoms with Gasteiger partial charge in [-0.3, -0.25) is 0 Å². The Morgan fingerprint density at radius 3 is 2.67 bits per heavy atom. The van der Waals surface area contributed by atoms with Crippen molar-refractivity contribution in [1.82, 2.24) is 14.9 Å². The Hall–Kier alpha value is -2.12. The van der Waals surface area contributed by atoms with Crippen molar-refractivity contribution in [3.05, 3.63) is 35.4 Å². The fourth-order valence-corrected chi connectivity index (χ4v) is 2.90. The van der Waals surface area contributed by atoms with Crippen LogP contribution in [0.2, 0.25) is 5.02 Å². The van der Waals surface area contributed by atoms with E-state index < -0.39 is 5.82 Å². The van der Waals surface area contributed by atoms with Crippen LogP contribution in [0.4, 0.5) is 27.4 Å². The summed E-state index contributed by atoms with van der Waals surface area (Å²) < 4.78 is 13.3. The Balaban J connectivity index is 1.79. The molecule has 3 N–H and O–H groups in total. The Morgan fingerprint density at radius 2 is 2.00 bits per heavy atom. The molecule has 1 saturated heterocycles. The topological polar surface area (TPSA) is 70.3 Å². The summed E-state index contributed by atoms with van der Waals surface area (Å²) in [6, 6.07) is 4.38. The predicted molar refractivity (Wildman–Crippen MR) is 95.5 cm³/mol. The number of hydrogen-bond acceptors (Lipinski definition) is 6. The maximum Gasteiger partial charge on any atom is 0.159 e. The first-order valence-corrected chi connectivity index (χ1v) is 8.26. The van der Waals surface area contributed by atoms with Gasteiger partial charge in [-0.2, -0.15) is 0 Å². The molecule has 1 aliphatic rings. The van der Waals surface area contributed by atoms with Crippen LogP contribution in [-0.2, 0) is 0 Å². The number of hydrogen-bond donors (Lipinski definition) is 2. The maximum atomic E-state index is 13.3. The third-order valence-corrected chi connectivity index (χ3v) is 4.45. The van der Waals surface area contributed by atoms with Crippen LogP contribution in [-0.4, -0.2) is 47.6 Å². The van der Waals surface area contributed by atoms with E-state index in [1.54, 1.807) is 6.07 Å². The molecule has 1 aliphatic heterocycles. The van der Waals surface area contributed by atoms with Crippen molar-refractivity contribution in [2.75, 3.05) is 48.7 Å². The molecule has 24 heavy (non-hydrogen) atoms. The van der Waals surface area contributed by atoms with Crippen LogP contribution in [0, 0.1) is 5.82 Å². The van der Waals surface area contributed by atoms with Crippen molar-refractivity contribution in [3.8, 4) is 0 Å². The van der Waals surface area contributed by atoms with Crippen LogP contribution in [0.1, 0.15) is 6.92 Å². The zero-order valence-electron chi connectivity index (χ0n) is 13.5. The van der Waals surface area contributed by atoms with Gasteiger partial charge in [-0.1, -0.05) is 18.5 Å². The average Bonchev–Trinajstić information content (AvgIpc) is 2.60. The fourth-order valence-electron chi connectivity index (χ4n) is 2.72. The van der Waals surface area contributed by atoms with Gasteiger partial charge in [0.1, 0.15) is 17.8 Å². The third-order valence-electron chi connectivity index (χ3n) is 4.16. The van der Waals surface area contributed by atoms with Crippen molar-refractivity contribution in [2.45, 2.75) is 6.92 Å². The molecule has 0 radical (unpaired) electrons. The van der Waals surface area contributed by atoms with E-state index in [0.717, 1.165) is 38.5 Å². The number of rotatable bonds is 4. The van der Waals surface area contributed by atoms with Crippen molar-refractivity contribution >= 4 is 34.6 Å². The van der Waals surface area contributed by atoms with Crippen LogP contribution >= 0.6 is 11.6 Å². The van der Waals surface area contributed by atoms with Crippen LogP contribution < -0.4 is 16.0 Å². The van der Waals surface area contributed by atoms with Gasteiger partial charge in [0, 0.05) is 31.9 Å². The van der Waals surface area contributed by atoms with Crippen molar-refractivity contribution in [2.24, 2.45) is 0 Å². The molecule has 3 rings (SSSR count). The number of nitrogen functional groups attached to an aromatic ring is 1. The molecule has 1 aromatic carbocycles. The summed E-state index contributed by atoms with van der Waals surface area (Å²) in [5, 5.41) is 3.12. The number of nitrogens with two attached hydrogens (primary N) is 1. The van der Waals surface area contributed by atoms with Crippen molar-refractivity contribution in [3.63, 3.8) is 0 Å². The van der Waals surface area contributed by atoms with E-state index in [4.69, 9.17) is 17.3 Å². The number of likely N-dealkylation sites (N-methyl/N-ethyl adjacent to an activating group) is 1. The predicted octanol–water partition coefficient (Wildman–Crippen LogP) is 2.74. The highest BCUT2D eigenvalue weighted by molar-refractivity contribution is 6.31. The van der Waals surface area contributed by atoms with E-state index in [1.807, 2.05) is 0 Å². The molecule has 2 heterocycles. The number of nitrogens with zero attached hydrogens (tertiary/aromatic N) is 4. The maximum absolute atomic E-state index is 13.3. The molecule has 0 amide bonds. The summed E-state index contributed by atoms with van der Waals surface area (Å²) in [7, 11) is 0. The van der Waals surface area contributed by atoms with Gasteiger partial charge in [0.25, 0.3) is 0 Å². The molecule has 1 aromatic heterocycles. The van der Waals surface area contributed by atoms with Gasteiger partial charge in [-0.25, -0.2) is 14.4 Å². The Morgan fingerprint density at radius 1 is 1.25 bits per heavy atom. The molecule has 0 saturated carbocycles. The van der Waals surface area contributed by atoms with Gasteiger partial charge in [-0.15, -0.1) is 0 Å². The number of aromatic nitrogens is 2. The Labute approximate surface area is 145 Å². The normalized spacial score (nSPS) is 15.5. The number of piperazine rings is 1. The molecule has 0 aliphatic carbocycles. The molecule has 0 spiro atoms. The molecule has 1 fully saturated rings. The lowest BCUT2D eigenvalue weighted by molar-refractivity contribution is 0.270. The van der Waals surface area contributed by atoms with E-state index in [9.17, 15) is 4.39 Å². The summed E-state index contributed by atoms with van der Waals surface area (Å²) in [6.07, 6.45) is 1.48. The molecule has 128 valence electrons. The first kappa shape index (κ1) is 16.7. The quantitative estimate of drug-likeness (QED) is 0.883. The molecular weight excluding hydrogens is 331 g/mol. The van der Waals surface area contributed by atoms with Crippen LogP contribution in [0.5, 0.6) is 0 Å². The highest BCUT2D eigenvalue weighted by Gasteiger charge is 2.20. The summed E-state index contributed by atoms with van der Waals surface area (Å²) in [6.45, 7) is 6.91. The minimum absolute atomic E-state index is 0.0449. The van der Waals surface area contributed by atoms with Gasteiger partial charge in [0.05, 0.1) is 5.02 Å². The summed E-state index contributed by atoms with van der Waals surface area (Å²) in [4.78, 5) is 13.1. The molecule has 8 heteroatoms. The minimum atomic E-state index is -0.465. The van der Waals surface area contributed by atoms with Gasteiger partial charge < -0.3 is 20.9 Å². The van der Waals surface area contributed by atoms with E-state index >= 15 is 0 Å². The van der Waals surface area contributed by atoms with Gasteiger partial charge >= 0.3 is 0 Å². The second-order valence-corrected chi connectivity index (χ2v) is 6.04. The lowest BCUT2D eigenvalue weighted by Crippen LogP contribution is -2.46. The molecular formula is C16H20ClFN6. The standard InChI is InChI=1S/C16H20ClFN6/c1-2-23-5-7-24(8-6-23)16-14(19)15(20-10-21-16)22-11-3-4-13(18)12(17)9-11/h3-4,9-10H,2,5-8,19H2,1H3,(H,20,21,22). The van der Waals surface area contributed by atoms with Gasteiger partial charge in [-0.05, 0) is 24.7 Å². The summed E-state index contributed by atoms with van der Waals surface area (Å²) in [5.74, 6) is 0.740. The van der Waals surface area contributed by atoms with Crippen molar-refractivity contribution < 1.29 is 4.39 Å². The second kappa shape index (κ2) is 7.19. The molecule has 6 nitrogen and oxygen atoms in total. The molecule has 0 atom stereocenters. The Bertz CT molecular complexity index is 718. The molecule has 2 aromatic rings. The number of halogens is 2. The monoisotopic (exact) mass is 350 g/mol. The summed E-state index contributed by atoms with van der Waals surface area (Å²) >= 11 is 5.81.